The van der Waals surface area contributed by atoms with Crippen molar-refractivity contribution < 1.29 is 13.9 Å². The van der Waals surface area contributed by atoms with Gasteiger partial charge in [0.25, 0.3) is 0 Å². The number of carbonyl (C=O) groups excluding carboxylic acids is 1. The lowest BCUT2D eigenvalue weighted by Crippen LogP contribution is -2.50. The fraction of sp³-hybridized carbons (Fsp3) is 0.552. The summed E-state index contributed by atoms with van der Waals surface area (Å²) in [4.78, 5) is 17.3. The first-order chi connectivity index (χ1) is 17.6. The van der Waals surface area contributed by atoms with Crippen LogP contribution in [-0.2, 0) is 0 Å². The van der Waals surface area contributed by atoms with E-state index in [1.807, 2.05) is 30.3 Å². The van der Waals surface area contributed by atoms with E-state index in [-0.39, 0.29) is 23.8 Å². The molecule has 0 spiro atoms. The minimum Gasteiger partial charge on any atom is -0.495 e. The molecule has 1 aliphatic carbocycles. The highest BCUT2D eigenvalue weighted by Crippen LogP contribution is 2.37. The van der Waals surface area contributed by atoms with Crippen molar-refractivity contribution in [2.45, 2.75) is 50.5 Å². The smallest absolute Gasteiger partial charge is 0.314 e. The van der Waals surface area contributed by atoms with Gasteiger partial charge in [-0.1, -0.05) is 49.6 Å². The standard InChI is InChI=1S/C29H41FN4O2/c1-31-29(35)32-28(22-10-4-3-5-11-22)24(23-12-6-7-13-25(23)30)16-17-33-18-20-34(21-19-33)26-14-8-9-15-27(26)36-2/h6-9,12-15,22,24,28H,3-5,10-11,16-21H2,1-2H3,(H2,31,32,35). The average Bonchev–Trinajstić information content (AvgIpc) is 2.94. The van der Waals surface area contributed by atoms with Crippen LogP contribution in [0.4, 0.5) is 14.9 Å². The molecule has 2 amide bonds. The number of hydrogen-bond donors (Lipinski definition) is 2. The van der Waals surface area contributed by atoms with Crippen LogP contribution in [0.3, 0.4) is 0 Å². The molecule has 2 unspecified atom stereocenters. The molecule has 1 saturated heterocycles. The summed E-state index contributed by atoms with van der Waals surface area (Å²) in [6.07, 6.45) is 6.55. The van der Waals surface area contributed by atoms with E-state index in [1.54, 1.807) is 26.3 Å². The number of carbonyl (C=O) groups is 1. The lowest BCUT2D eigenvalue weighted by atomic mass is 9.75. The van der Waals surface area contributed by atoms with Crippen molar-refractivity contribution in [2.75, 3.05) is 51.8 Å². The van der Waals surface area contributed by atoms with Gasteiger partial charge in [-0.2, -0.15) is 0 Å². The van der Waals surface area contributed by atoms with Gasteiger partial charge in [-0.25, -0.2) is 9.18 Å². The molecular formula is C29H41FN4O2. The maximum Gasteiger partial charge on any atom is 0.314 e. The van der Waals surface area contributed by atoms with Crippen molar-refractivity contribution in [1.29, 1.82) is 0 Å². The Balaban J connectivity index is 1.47. The molecule has 2 aromatic carbocycles. The molecule has 0 aromatic heterocycles. The number of hydrogen-bond acceptors (Lipinski definition) is 4. The molecule has 1 heterocycles. The first kappa shape index (κ1) is 26.3. The molecule has 1 aliphatic heterocycles. The zero-order valence-corrected chi connectivity index (χ0v) is 21.7. The Kier molecular flexibility index (Phi) is 9.45. The molecular weight excluding hydrogens is 455 g/mol. The predicted molar refractivity (Wildman–Crippen MR) is 143 cm³/mol. The molecule has 196 valence electrons. The minimum atomic E-state index is -0.183. The third-order valence-corrected chi connectivity index (χ3v) is 7.98. The molecule has 2 fully saturated rings. The summed E-state index contributed by atoms with van der Waals surface area (Å²) in [6, 6.07) is 15.0. The van der Waals surface area contributed by atoms with Gasteiger partial charge in [0.15, 0.2) is 0 Å². The fourth-order valence-corrected chi connectivity index (χ4v) is 5.99. The van der Waals surface area contributed by atoms with Crippen LogP contribution < -0.4 is 20.3 Å². The molecule has 2 atom stereocenters. The molecule has 1 saturated carbocycles. The van der Waals surface area contributed by atoms with E-state index in [0.29, 0.717) is 5.92 Å². The van der Waals surface area contributed by atoms with Crippen LogP contribution in [0.2, 0.25) is 0 Å². The van der Waals surface area contributed by atoms with Gasteiger partial charge < -0.3 is 20.3 Å². The number of urea groups is 1. The Hall–Kier alpha value is -2.80. The molecule has 6 nitrogen and oxygen atoms in total. The lowest BCUT2D eigenvalue weighted by molar-refractivity contribution is 0.194. The number of amides is 2. The molecule has 0 radical (unpaired) electrons. The second kappa shape index (κ2) is 12.9. The fourth-order valence-electron chi connectivity index (χ4n) is 5.99. The zero-order chi connectivity index (χ0) is 25.3. The summed E-state index contributed by atoms with van der Waals surface area (Å²) in [6.45, 7) is 4.61. The summed E-state index contributed by atoms with van der Waals surface area (Å²) >= 11 is 0. The van der Waals surface area contributed by atoms with Crippen molar-refractivity contribution in [1.82, 2.24) is 15.5 Å². The first-order valence-electron chi connectivity index (χ1n) is 13.4. The van der Waals surface area contributed by atoms with Gasteiger partial charge in [-0.05, 0) is 55.5 Å². The van der Waals surface area contributed by atoms with E-state index >= 15 is 4.39 Å². The van der Waals surface area contributed by atoms with Crippen LogP contribution >= 0.6 is 0 Å². The number of rotatable bonds is 9. The van der Waals surface area contributed by atoms with Crippen LogP contribution in [0.25, 0.3) is 0 Å². The molecule has 2 N–H and O–H groups in total. The van der Waals surface area contributed by atoms with E-state index in [9.17, 15) is 4.79 Å². The second-order valence-electron chi connectivity index (χ2n) is 10.1. The number of nitrogens with zero attached hydrogens (tertiary/aromatic N) is 2. The molecule has 4 rings (SSSR count). The Bertz CT molecular complexity index is 973. The number of anilines is 1. The van der Waals surface area contributed by atoms with Crippen LogP contribution in [0.15, 0.2) is 48.5 Å². The van der Waals surface area contributed by atoms with E-state index in [1.165, 1.54) is 19.3 Å². The third-order valence-electron chi connectivity index (χ3n) is 7.98. The highest BCUT2D eigenvalue weighted by molar-refractivity contribution is 5.74. The van der Waals surface area contributed by atoms with E-state index in [2.05, 4.69) is 26.5 Å². The minimum absolute atomic E-state index is 0.0705. The Morgan fingerprint density at radius 2 is 1.72 bits per heavy atom. The van der Waals surface area contributed by atoms with E-state index in [4.69, 9.17) is 4.74 Å². The molecule has 36 heavy (non-hydrogen) atoms. The second-order valence-corrected chi connectivity index (χ2v) is 10.1. The number of halogens is 1. The number of para-hydroxylation sites is 2. The van der Waals surface area contributed by atoms with Crippen LogP contribution in [0, 0.1) is 11.7 Å². The van der Waals surface area contributed by atoms with Gasteiger partial charge in [0.1, 0.15) is 11.6 Å². The van der Waals surface area contributed by atoms with Gasteiger partial charge in [0, 0.05) is 45.2 Å². The summed E-state index contributed by atoms with van der Waals surface area (Å²) in [5, 5.41) is 5.95. The van der Waals surface area contributed by atoms with Crippen molar-refractivity contribution in [3.05, 3.63) is 59.9 Å². The van der Waals surface area contributed by atoms with Gasteiger partial charge in [-0.15, -0.1) is 0 Å². The topological polar surface area (TPSA) is 56.8 Å². The monoisotopic (exact) mass is 496 g/mol. The van der Waals surface area contributed by atoms with E-state index < -0.39 is 0 Å². The maximum absolute atomic E-state index is 15.1. The average molecular weight is 497 g/mol. The number of piperazine rings is 1. The van der Waals surface area contributed by atoms with E-state index in [0.717, 1.165) is 69.0 Å². The summed E-state index contributed by atoms with van der Waals surface area (Å²) < 4.78 is 20.7. The SMILES string of the molecule is CNC(=O)NC(C1CCCCC1)C(CCN1CCN(c2ccccc2OC)CC1)c1ccccc1F. The van der Waals surface area contributed by atoms with Gasteiger partial charge in [0.05, 0.1) is 12.8 Å². The third kappa shape index (κ3) is 6.49. The summed E-state index contributed by atoms with van der Waals surface area (Å²) in [7, 11) is 3.36. The summed E-state index contributed by atoms with van der Waals surface area (Å²) in [5.74, 6) is 1.02. The zero-order valence-electron chi connectivity index (χ0n) is 21.7. The number of methoxy groups -OCH3 is 1. The Morgan fingerprint density at radius 1 is 1.03 bits per heavy atom. The number of nitrogens with one attached hydrogen (secondary N) is 2. The summed E-state index contributed by atoms with van der Waals surface area (Å²) in [5.41, 5.74) is 1.85. The molecule has 2 aromatic rings. The Labute approximate surface area is 215 Å². The van der Waals surface area contributed by atoms with Crippen LogP contribution in [0.1, 0.15) is 50.0 Å². The normalized spacial score (nSPS) is 18.9. The quantitative estimate of drug-likeness (QED) is 0.513. The lowest BCUT2D eigenvalue weighted by Gasteiger charge is -2.39. The van der Waals surface area contributed by atoms with Crippen molar-refractivity contribution >= 4 is 11.7 Å². The van der Waals surface area contributed by atoms with Crippen LogP contribution in [-0.4, -0.2) is 63.9 Å². The largest absolute Gasteiger partial charge is 0.495 e. The number of ether oxygens (including phenoxy) is 1. The first-order valence-corrected chi connectivity index (χ1v) is 13.4. The van der Waals surface area contributed by atoms with Crippen molar-refractivity contribution in [3.63, 3.8) is 0 Å². The molecule has 2 aliphatic rings. The highest BCUT2D eigenvalue weighted by Gasteiger charge is 2.34. The predicted octanol–water partition coefficient (Wildman–Crippen LogP) is 5.01. The maximum atomic E-state index is 15.1. The molecule has 7 heteroatoms. The number of benzene rings is 2. The van der Waals surface area contributed by atoms with Crippen molar-refractivity contribution in [3.8, 4) is 5.75 Å². The van der Waals surface area contributed by atoms with Crippen LogP contribution in [0.5, 0.6) is 5.75 Å². The molecule has 0 bridgehead atoms. The van der Waals surface area contributed by atoms with Gasteiger partial charge >= 0.3 is 6.03 Å². The Morgan fingerprint density at radius 3 is 2.42 bits per heavy atom. The van der Waals surface area contributed by atoms with Gasteiger partial charge in [-0.3, -0.25) is 4.90 Å². The van der Waals surface area contributed by atoms with Gasteiger partial charge in [0.2, 0.25) is 0 Å². The van der Waals surface area contributed by atoms with Crippen molar-refractivity contribution in [2.24, 2.45) is 5.92 Å². The highest BCUT2D eigenvalue weighted by atomic mass is 19.1.